The fourth-order valence-electron chi connectivity index (χ4n) is 2.11. The van der Waals surface area contributed by atoms with Crippen molar-refractivity contribution in [1.82, 2.24) is 20.0 Å². The summed E-state index contributed by atoms with van der Waals surface area (Å²) in [5.41, 5.74) is 3.33. The second-order valence-electron chi connectivity index (χ2n) is 4.44. The standard InChI is InChI=1S/C12H12N4O2/c1-16(2)12(17)11-8-4-3-7-5-13-6-14-9(7)10(8)15-18-11/h5-6H,3-4H2,1-2H3. The number of fused-ring (bicyclic) bond motifs is 3. The highest BCUT2D eigenvalue weighted by Gasteiger charge is 2.29. The predicted molar refractivity (Wildman–Crippen MR) is 63.0 cm³/mol. The number of carbonyl (C=O) groups excluding carboxylic acids is 1. The Hall–Kier alpha value is -2.24. The first-order chi connectivity index (χ1) is 8.68. The van der Waals surface area contributed by atoms with Crippen LogP contribution >= 0.6 is 0 Å². The maximum Gasteiger partial charge on any atom is 0.292 e. The van der Waals surface area contributed by atoms with Gasteiger partial charge in [0.2, 0.25) is 5.76 Å². The fourth-order valence-corrected chi connectivity index (χ4v) is 2.11. The van der Waals surface area contributed by atoms with Crippen LogP contribution in [0.2, 0.25) is 0 Å². The molecule has 1 aliphatic carbocycles. The molecule has 3 rings (SSSR count). The summed E-state index contributed by atoms with van der Waals surface area (Å²) in [7, 11) is 3.38. The lowest BCUT2D eigenvalue weighted by atomic mass is 9.93. The molecule has 92 valence electrons. The first-order valence-electron chi connectivity index (χ1n) is 5.68. The highest BCUT2D eigenvalue weighted by molar-refractivity contribution is 5.94. The van der Waals surface area contributed by atoms with Crippen LogP contribution in [0.3, 0.4) is 0 Å². The molecule has 18 heavy (non-hydrogen) atoms. The predicted octanol–water partition coefficient (Wildman–Crippen LogP) is 0.932. The van der Waals surface area contributed by atoms with E-state index in [4.69, 9.17) is 4.52 Å². The minimum atomic E-state index is -0.166. The van der Waals surface area contributed by atoms with Gasteiger partial charge in [-0.3, -0.25) is 4.79 Å². The van der Waals surface area contributed by atoms with Crippen LogP contribution in [0.5, 0.6) is 0 Å². The van der Waals surface area contributed by atoms with Gasteiger partial charge in [-0.05, 0) is 18.4 Å². The van der Waals surface area contributed by atoms with E-state index in [9.17, 15) is 4.79 Å². The third-order valence-corrected chi connectivity index (χ3v) is 3.05. The van der Waals surface area contributed by atoms with Gasteiger partial charge in [0.15, 0.2) is 0 Å². The van der Waals surface area contributed by atoms with E-state index in [0.29, 0.717) is 11.5 Å². The van der Waals surface area contributed by atoms with Crippen molar-refractivity contribution in [2.45, 2.75) is 12.8 Å². The molecule has 2 heterocycles. The summed E-state index contributed by atoms with van der Waals surface area (Å²) in [5.74, 6) is 0.153. The third-order valence-electron chi connectivity index (χ3n) is 3.05. The van der Waals surface area contributed by atoms with Gasteiger partial charge in [0, 0.05) is 25.9 Å². The van der Waals surface area contributed by atoms with Gasteiger partial charge in [0.1, 0.15) is 12.0 Å². The summed E-state index contributed by atoms with van der Waals surface area (Å²) >= 11 is 0. The number of hydrogen-bond donors (Lipinski definition) is 0. The van der Waals surface area contributed by atoms with Crippen molar-refractivity contribution < 1.29 is 9.32 Å². The van der Waals surface area contributed by atoms with Crippen LogP contribution in [-0.4, -0.2) is 40.0 Å². The zero-order valence-corrected chi connectivity index (χ0v) is 10.2. The maximum absolute atomic E-state index is 11.9. The van der Waals surface area contributed by atoms with Crippen LogP contribution in [0.4, 0.5) is 0 Å². The van der Waals surface area contributed by atoms with Crippen molar-refractivity contribution >= 4 is 5.91 Å². The average molecular weight is 244 g/mol. The lowest BCUT2D eigenvalue weighted by Gasteiger charge is -2.13. The number of carbonyl (C=O) groups is 1. The molecule has 0 unspecified atom stereocenters. The number of aryl methyl sites for hydroxylation is 1. The third kappa shape index (κ3) is 1.49. The maximum atomic E-state index is 11.9. The Balaban J connectivity index is 2.13. The molecule has 0 spiro atoms. The van der Waals surface area contributed by atoms with Gasteiger partial charge < -0.3 is 9.42 Å². The Morgan fingerprint density at radius 1 is 1.33 bits per heavy atom. The summed E-state index contributed by atoms with van der Waals surface area (Å²) in [6, 6.07) is 0. The molecule has 0 fully saturated rings. The topological polar surface area (TPSA) is 72.1 Å². The van der Waals surface area contributed by atoms with Gasteiger partial charge in [-0.1, -0.05) is 5.16 Å². The molecule has 1 aliphatic rings. The molecule has 0 saturated heterocycles. The molecule has 0 radical (unpaired) electrons. The van der Waals surface area contributed by atoms with Gasteiger partial charge in [-0.25, -0.2) is 9.97 Å². The normalized spacial score (nSPS) is 12.8. The molecular formula is C12H12N4O2. The summed E-state index contributed by atoms with van der Waals surface area (Å²) in [6.45, 7) is 0. The van der Waals surface area contributed by atoms with Crippen LogP contribution in [-0.2, 0) is 12.8 Å². The molecule has 0 saturated carbocycles. The average Bonchev–Trinajstić information content (AvgIpc) is 2.81. The Bertz CT molecular complexity index is 618. The Morgan fingerprint density at radius 3 is 2.94 bits per heavy atom. The zero-order chi connectivity index (χ0) is 12.7. The van der Waals surface area contributed by atoms with Gasteiger partial charge in [-0.15, -0.1) is 0 Å². The van der Waals surface area contributed by atoms with E-state index in [1.807, 2.05) is 0 Å². The summed E-state index contributed by atoms with van der Waals surface area (Å²) in [6.07, 6.45) is 4.80. The fraction of sp³-hybridized carbons (Fsp3) is 0.333. The second-order valence-corrected chi connectivity index (χ2v) is 4.44. The van der Waals surface area contributed by atoms with Crippen molar-refractivity contribution in [3.63, 3.8) is 0 Å². The van der Waals surface area contributed by atoms with Crippen molar-refractivity contribution in [1.29, 1.82) is 0 Å². The molecule has 6 heteroatoms. The number of nitrogens with zero attached hydrogens (tertiary/aromatic N) is 4. The quantitative estimate of drug-likeness (QED) is 0.746. The lowest BCUT2D eigenvalue weighted by Crippen LogP contribution is -2.22. The Morgan fingerprint density at radius 2 is 2.17 bits per heavy atom. The molecule has 0 bridgehead atoms. The molecule has 0 aliphatic heterocycles. The minimum Gasteiger partial charge on any atom is -0.350 e. The van der Waals surface area contributed by atoms with E-state index in [1.165, 1.54) is 11.2 Å². The number of aromatic nitrogens is 3. The van der Waals surface area contributed by atoms with E-state index in [1.54, 1.807) is 20.3 Å². The number of hydrogen-bond acceptors (Lipinski definition) is 5. The van der Waals surface area contributed by atoms with E-state index < -0.39 is 0 Å². The van der Waals surface area contributed by atoms with Crippen LogP contribution in [0, 0.1) is 0 Å². The largest absolute Gasteiger partial charge is 0.350 e. The summed E-state index contributed by atoms with van der Waals surface area (Å²) in [5, 5.41) is 3.99. The SMILES string of the molecule is CN(C)C(=O)c1onc2c1CCc1cncnc1-2. The molecule has 0 atom stereocenters. The van der Waals surface area contributed by atoms with Gasteiger partial charge >= 0.3 is 0 Å². The van der Waals surface area contributed by atoms with Crippen LogP contribution < -0.4 is 0 Å². The Labute approximate surface area is 104 Å². The molecule has 0 aromatic carbocycles. The zero-order valence-electron chi connectivity index (χ0n) is 10.2. The molecule has 0 N–H and O–H groups in total. The van der Waals surface area contributed by atoms with E-state index >= 15 is 0 Å². The van der Waals surface area contributed by atoms with Crippen molar-refractivity contribution in [2.24, 2.45) is 0 Å². The van der Waals surface area contributed by atoms with E-state index in [0.717, 1.165) is 29.7 Å². The van der Waals surface area contributed by atoms with E-state index in [2.05, 4.69) is 15.1 Å². The summed E-state index contributed by atoms with van der Waals surface area (Å²) in [4.78, 5) is 21.6. The van der Waals surface area contributed by atoms with Crippen LogP contribution in [0.15, 0.2) is 17.0 Å². The van der Waals surface area contributed by atoms with Crippen LogP contribution in [0.1, 0.15) is 21.7 Å². The highest BCUT2D eigenvalue weighted by atomic mass is 16.5. The smallest absolute Gasteiger partial charge is 0.292 e. The molecule has 1 amide bonds. The van der Waals surface area contributed by atoms with Crippen molar-refractivity contribution in [3.8, 4) is 11.4 Å². The number of amides is 1. The first-order valence-corrected chi connectivity index (χ1v) is 5.68. The van der Waals surface area contributed by atoms with Gasteiger partial charge in [0.05, 0.1) is 5.69 Å². The number of rotatable bonds is 1. The molecular weight excluding hydrogens is 232 g/mol. The molecule has 2 aromatic rings. The van der Waals surface area contributed by atoms with Gasteiger partial charge in [-0.2, -0.15) is 0 Å². The summed E-state index contributed by atoms with van der Waals surface area (Å²) < 4.78 is 5.20. The van der Waals surface area contributed by atoms with E-state index in [-0.39, 0.29) is 5.91 Å². The lowest BCUT2D eigenvalue weighted by molar-refractivity contribution is 0.0785. The monoisotopic (exact) mass is 244 g/mol. The first kappa shape index (κ1) is 10.9. The highest BCUT2D eigenvalue weighted by Crippen LogP contribution is 2.32. The minimum absolute atomic E-state index is 0.166. The van der Waals surface area contributed by atoms with Crippen molar-refractivity contribution in [3.05, 3.63) is 29.4 Å². The van der Waals surface area contributed by atoms with Gasteiger partial charge in [0.25, 0.3) is 5.91 Å². The molecule has 2 aromatic heterocycles. The second kappa shape index (κ2) is 3.90. The molecule has 6 nitrogen and oxygen atoms in total. The van der Waals surface area contributed by atoms with Crippen molar-refractivity contribution in [2.75, 3.05) is 14.1 Å². The Kier molecular flexibility index (Phi) is 2.36. The van der Waals surface area contributed by atoms with Crippen LogP contribution in [0.25, 0.3) is 11.4 Å².